The van der Waals surface area contributed by atoms with Gasteiger partial charge < -0.3 is 4.98 Å². The average molecular weight is 460 g/mol. The van der Waals surface area contributed by atoms with Crippen molar-refractivity contribution in [2.45, 2.75) is 72.6 Å². The van der Waals surface area contributed by atoms with Crippen molar-refractivity contribution < 1.29 is 0 Å². The second-order valence-corrected chi connectivity index (χ2v) is 9.98. The van der Waals surface area contributed by atoms with Crippen LogP contribution in [0.5, 0.6) is 0 Å². The SMILES string of the molecule is CC[C@@H](c1nnnn1C(C)(C)C)N(Cc1cccnc1)Cc1cc2c(C)cc(C)cc2[nH]c1=O. The molecule has 0 fully saturated rings. The molecule has 0 saturated carbocycles. The molecule has 8 nitrogen and oxygen atoms in total. The topological polar surface area (TPSA) is 92.6 Å². The van der Waals surface area contributed by atoms with Crippen molar-refractivity contribution in [3.8, 4) is 0 Å². The van der Waals surface area contributed by atoms with Crippen LogP contribution in [0.3, 0.4) is 0 Å². The number of aromatic amines is 1. The molecule has 34 heavy (non-hydrogen) atoms. The molecule has 0 spiro atoms. The smallest absolute Gasteiger partial charge is 0.252 e. The van der Waals surface area contributed by atoms with Crippen LogP contribution in [0.4, 0.5) is 0 Å². The maximum Gasteiger partial charge on any atom is 0.252 e. The third kappa shape index (κ3) is 4.92. The first-order valence-corrected chi connectivity index (χ1v) is 11.7. The van der Waals surface area contributed by atoms with E-state index in [4.69, 9.17) is 0 Å². The Kier molecular flexibility index (Phi) is 6.61. The summed E-state index contributed by atoms with van der Waals surface area (Å²) < 4.78 is 1.88. The van der Waals surface area contributed by atoms with Crippen molar-refractivity contribution in [1.29, 1.82) is 0 Å². The molecule has 0 aliphatic carbocycles. The number of tetrazole rings is 1. The lowest BCUT2D eigenvalue weighted by molar-refractivity contribution is 0.153. The van der Waals surface area contributed by atoms with E-state index in [9.17, 15) is 4.79 Å². The lowest BCUT2D eigenvalue weighted by atomic mass is 10.0. The molecule has 0 bridgehead atoms. The van der Waals surface area contributed by atoms with Gasteiger partial charge in [0.15, 0.2) is 5.82 Å². The molecule has 178 valence electrons. The van der Waals surface area contributed by atoms with E-state index >= 15 is 0 Å². The summed E-state index contributed by atoms with van der Waals surface area (Å²) in [4.78, 5) is 22.8. The Morgan fingerprint density at radius 1 is 1.15 bits per heavy atom. The van der Waals surface area contributed by atoms with E-state index in [2.05, 4.69) is 77.1 Å². The van der Waals surface area contributed by atoms with Crippen LogP contribution in [-0.4, -0.2) is 35.1 Å². The first-order valence-electron chi connectivity index (χ1n) is 11.7. The highest BCUT2D eigenvalue weighted by molar-refractivity contribution is 5.83. The normalized spacial score (nSPS) is 13.0. The van der Waals surface area contributed by atoms with Crippen LogP contribution < -0.4 is 5.56 Å². The minimum absolute atomic E-state index is 0.0704. The van der Waals surface area contributed by atoms with Crippen molar-refractivity contribution in [3.63, 3.8) is 0 Å². The molecule has 1 aromatic carbocycles. The Bertz CT molecular complexity index is 1340. The summed E-state index contributed by atoms with van der Waals surface area (Å²) in [5.74, 6) is 0.794. The van der Waals surface area contributed by atoms with E-state index in [0.717, 1.165) is 45.4 Å². The van der Waals surface area contributed by atoms with Gasteiger partial charge in [0, 0.05) is 41.9 Å². The van der Waals surface area contributed by atoms with Crippen LogP contribution in [-0.2, 0) is 18.6 Å². The summed E-state index contributed by atoms with van der Waals surface area (Å²) in [6.07, 6.45) is 4.43. The number of rotatable bonds is 7. The number of benzene rings is 1. The van der Waals surface area contributed by atoms with Gasteiger partial charge >= 0.3 is 0 Å². The second-order valence-electron chi connectivity index (χ2n) is 9.98. The number of aromatic nitrogens is 6. The number of hydrogen-bond acceptors (Lipinski definition) is 6. The third-order valence-electron chi connectivity index (χ3n) is 6.13. The molecular weight excluding hydrogens is 426 g/mol. The molecule has 0 unspecified atom stereocenters. The summed E-state index contributed by atoms with van der Waals surface area (Å²) in [6.45, 7) is 13.6. The molecule has 0 aliphatic rings. The predicted molar refractivity (Wildman–Crippen MR) is 133 cm³/mol. The summed E-state index contributed by atoms with van der Waals surface area (Å²) in [7, 11) is 0. The number of pyridine rings is 2. The van der Waals surface area contributed by atoms with Gasteiger partial charge in [-0.15, -0.1) is 5.10 Å². The Labute approximate surface area is 200 Å². The first kappa shape index (κ1) is 23.8. The fourth-order valence-corrected chi connectivity index (χ4v) is 4.54. The number of nitrogens with zero attached hydrogens (tertiary/aromatic N) is 6. The molecule has 0 aliphatic heterocycles. The Balaban J connectivity index is 1.79. The highest BCUT2D eigenvalue weighted by atomic mass is 16.1. The fourth-order valence-electron chi connectivity index (χ4n) is 4.54. The van der Waals surface area contributed by atoms with Crippen LogP contribution in [0.25, 0.3) is 10.9 Å². The zero-order valence-electron chi connectivity index (χ0n) is 20.8. The molecule has 8 heteroatoms. The van der Waals surface area contributed by atoms with E-state index in [0.29, 0.717) is 13.1 Å². The summed E-state index contributed by atoms with van der Waals surface area (Å²) in [6, 6.07) is 10.1. The van der Waals surface area contributed by atoms with Gasteiger partial charge in [0.1, 0.15) is 0 Å². The van der Waals surface area contributed by atoms with E-state index in [1.165, 1.54) is 0 Å². The molecule has 3 heterocycles. The number of hydrogen-bond donors (Lipinski definition) is 1. The summed E-state index contributed by atoms with van der Waals surface area (Å²) >= 11 is 0. The van der Waals surface area contributed by atoms with Gasteiger partial charge in [0.25, 0.3) is 5.56 Å². The summed E-state index contributed by atoms with van der Waals surface area (Å²) in [5, 5.41) is 13.7. The van der Waals surface area contributed by atoms with Gasteiger partial charge in [-0.1, -0.05) is 19.1 Å². The van der Waals surface area contributed by atoms with E-state index < -0.39 is 0 Å². The summed E-state index contributed by atoms with van der Waals surface area (Å²) in [5.41, 5.74) is 4.60. The molecule has 0 amide bonds. The zero-order chi connectivity index (χ0) is 24.5. The maximum atomic E-state index is 13.1. The van der Waals surface area contributed by atoms with E-state index in [-0.39, 0.29) is 17.1 Å². The van der Waals surface area contributed by atoms with Crippen LogP contribution in [0.15, 0.2) is 47.5 Å². The van der Waals surface area contributed by atoms with E-state index in [1.54, 1.807) is 6.20 Å². The first-order chi connectivity index (χ1) is 16.2. The minimum Gasteiger partial charge on any atom is -0.322 e. The molecule has 3 aromatic heterocycles. The zero-order valence-corrected chi connectivity index (χ0v) is 20.8. The molecular formula is C26H33N7O. The van der Waals surface area contributed by atoms with Crippen molar-refractivity contribution in [2.75, 3.05) is 0 Å². The van der Waals surface area contributed by atoms with Gasteiger partial charge in [-0.25, -0.2) is 4.68 Å². The van der Waals surface area contributed by atoms with Crippen LogP contribution in [0, 0.1) is 13.8 Å². The molecule has 4 rings (SSSR count). The van der Waals surface area contributed by atoms with Crippen LogP contribution in [0.2, 0.25) is 0 Å². The number of aryl methyl sites for hydroxylation is 2. The number of fused-ring (bicyclic) bond motifs is 1. The molecule has 4 aromatic rings. The van der Waals surface area contributed by atoms with E-state index in [1.807, 2.05) is 36.0 Å². The maximum absolute atomic E-state index is 13.1. The molecule has 0 radical (unpaired) electrons. The van der Waals surface area contributed by atoms with Gasteiger partial charge in [-0.3, -0.25) is 14.7 Å². The van der Waals surface area contributed by atoms with Gasteiger partial charge in [0.05, 0.1) is 11.6 Å². The number of nitrogens with one attached hydrogen (secondary N) is 1. The van der Waals surface area contributed by atoms with Gasteiger partial charge in [0.2, 0.25) is 0 Å². The standard InChI is InChI=1S/C26H33N7O/c1-7-23(24-29-30-31-33(24)26(4,5)6)32(15-19-9-8-10-27-14-19)16-20-13-21-18(3)11-17(2)12-22(21)28-25(20)34/h8-14,23H,7,15-16H2,1-6H3,(H,28,34)/t23-/m0/s1. The minimum atomic E-state index is -0.262. The highest BCUT2D eigenvalue weighted by Gasteiger charge is 2.29. The lowest BCUT2D eigenvalue weighted by Crippen LogP contribution is -2.35. The predicted octanol–water partition coefficient (Wildman–Crippen LogP) is 4.43. The second kappa shape index (κ2) is 9.46. The van der Waals surface area contributed by atoms with Gasteiger partial charge in [-0.05, 0) is 86.4 Å². The van der Waals surface area contributed by atoms with Crippen molar-refractivity contribution in [2.24, 2.45) is 0 Å². The van der Waals surface area contributed by atoms with Crippen molar-refractivity contribution in [3.05, 3.63) is 81.2 Å². The fraction of sp³-hybridized carbons (Fsp3) is 0.423. The average Bonchev–Trinajstić information content (AvgIpc) is 3.26. The van der Waals surface area contributed by atoms with Crippen molar-refractivity contribution in [1.82, 2.24) is 35.1 Å². The Morgan fingerprint density at radius 3 is 2.62 bits per heavy atom. The largest absolute Gasteiger partial charge is 0.322 e. The highest BCUT2D eigenvalue weighted by Crippen LogP contribution is 2.29. The molecule has 1 atom stereocenters. The van der Waals surface area contributed by atoms with Crippen molar-refractivity contribution >= 4 is 10.9 Å². The quantitative estimate of drug-likeness (QED) is 0.439. The van der Waals surface area contributed by atoms with Crippen LogP contribution >= 0.6 is 0 Å². The Hall–Kier alpha value is -3.39. The van der Waals surface area contributed by atoms with Gasteiger partial charge in [-0.2, -0.15) is 0 Å². The Morgan fingerprint density at radius 2 is 1.94 bits per heavy atom. The van der Waals surface area contributed by atoms with Crippen LogP contribution in [0.1, 0.15) is 68.2 Å². The monoisotopic (exact) mass is 459 g/mol. The molecule has 1 N–H and O–H groups in total. The lowest BCUT2D eigenvalue weighted by Gasteiger charge is -2.32. The molecule has 0 saturated heterocycles. The number of H-pyrrole nitrogens is 1. The third-order valence-corrected chi connectivity index (χ3v) is 6.13.